The number of carboxylic acid groups (broad SMARTS) is 1. The molecule has 1 aromatic rings. The largest absolute Gasteiger partial charge is 0.497 e. The lowest BCUT2D eigenvalue weighted by atomic mass is 10.00. The smallest absolute Gasteiger partial charge is 0.307 e. The number of hydrogen-bond donors (Lipinski definition) is 1. The number of ether oxygens (including phenoxy) is 4. The number of carbonyl (C=O) groups is 1. The second-order valence-corrected chi connectivity index (χ2v) is 6.33. The number of allylic oxidation sites excluding steroid dienone is 6. The molecule has 0 aromatic heterocycles. The molecule has 1 aromatic carbocycles. The number of fused-ring (bicyclic) bond motifs is 1. The number of aliphatic carboxylic acids is 1. The molecule has 0 radical (unpaired) electrons. The Bertz CT molecular complexity index is 925. The monoisotopic (exact) mass is 398 g/mol. The summed E-state index contributed by atoms with van der Waals surface area (Å²) < 4.78 is 21.0. The van der Waals surface area contributed by atoms with Gasteiger partial charge in [-0.3, -0.25) is 4.79 Å². The van der Waals surface area contributed by atoms with Crippen molar-refractivity contribution in [3.05, 3.63) is 77.0 Å². The Hall–Kier alpha value is -3.41. The lowest BCUT2D eigenvalue weighted by Gasteiger charge is -2.09. The fourth-order valence-corrected chi connectivity index (χ4v) is 3.14. The van der Waals surface area contributed by atoms with Crippen molar-refractivity contribution >= 4 is 17.1 Å². The third kappa shape index (κ3) is 5.10. The summed E-state index contributed by atoms with van der Waals surface area (Å²) in [5.41, 5.74) is 5.04. The molecule has 0 atom stereocenters. The van der Waals surface area contributed by atoms with Crippen LogP contribution in [0.3, 0.4) is 0 Å². The van der Waals surface area contributed by atoms with E-state index in [0.29, 0.717) is 17.5 Å². The number of carboxylic acids is 1. The van der Waals surface area contributed by atoms with Gasteiger partial charge in [0.2, 0.25) is 0 Å². The van der Waals surface area contributed by atoms with Gasteiger partial charge in [-0.1, -0.05) is 12.6 Å². The van der Waals surface area contributed by atoms with Crippen molar-refractivity contribution < 1.29 is 28.8 Å². The van der Waals surface area contributed by atoms with Gasteiger partial charge in [0.05, 0.1) is 34.9 Å². The van der Waals surface area contributed by atoms with E-state index in [9.17, 15) is 9.90 Å². The van der Waals surface area contributed by atoms with Crippen molar-refractivity contribution in [1.82, 2.24) is 0 Å². The number of rotatable bonds is 9. The standard InChI is InChI=1S/C23H26O6/c1-14(26-3)9-16(11-23(28-5)29-6)10-19-15(2)20(13-22(24)25)18-8-7-17(27-4)12-21(18)19/h7-12H,1,13H2,2-6H3,(H,24,25)/b16-9-,19-10-. The molecular weight excluding hydrogens is 372 g/mol. The first-order chi connectivity index (χ1) is 13.8. The van der Waals surface area contributed by atoms with E-state index in [1.54, 1.807) is 19.3 Å². The summed E-state index contributed by atoms with van der Waals surface area (Å²) in [7, 11) is 6.15. The van der Waals surface area contributed by atoms with Gasteiger partial charge in [-0.05, 0) is 64.6 Å². The van der Waals surface area contributed by atoms with E-state index in [1.165, 1.54) is 21.3 Å². The van der Waals surface area contributed by atoms with Crippen LogP contribution < -0.4 is 4.74 Å². The summed E-state index contributed by atoms with van der Waals surface area (Å²) in [4.78, 5) is 11.4. The Kier molecular flexibility index (Phi) is 7.31. The lowest BCUT2D eigenvalue weighted by molar-refractivity contribution is -0.135. The highest BCUT2D eigenvalue weighted by atomic mass is 16.7. The van der Waals surface area contributed by atoms with E-state index in [-0.39, 0.29) is 6.42 Å². The van der Waals surface area contributed by atoms with Gasteiger partial charge in [-0.25, -0.2) is 0 Å². The quantitative estimate of drug-likeness (QED) is 0.485. The van der Waals surface area contributed by atoms with Gasteiger partial charge in [0, 0.05) is 6.08 Å². The zero-order valence-corrected chi connectivity index (χ0v) is 17.4. The van der Waals surface area contributed by atoms with Gasteiger partial charge in [0.1, 0.15) is 11.5 Å². The normalized spacial score (nSPS) is 14.4. The van der Waals surface area contributed by atoms with E-state index in [2.05, 4.69) is 6.58 Å². The van der Waals surface area contributed by atoms with Crippen molar-refractivity contribution in [1.29, 1.82) is 0 Å². The highest BCUT2D eigenvalue weighted by molar-refractivity contribution is 6.04. The zero-order valence-electron chi connectivity index (χ0n) is 17.4. The summed E-state index contributed by atoms with van der Waals surface area (Å²) in [6.45, 7) is 5.76. The Balaban J connectivity index is 2.70. The third-order valence-electron chi connectivity index (χ3n) is 4.61. The Labute approximate surface area is 171 Å². The van der Waals surface area contributed by atoms with Gasteiger partial charge in [0.25, 0.3) is 5.95 Å². The van der Waals surface area contributed by atoms with E-state index >= 15 is 0 Å². The fraction of sp³-hybridized carbons (Fsp3) is 0.261. The molecule has 0 unspecified atom stereocenters. The Morgan fingerprint density at radius 1 is 1.07 bits per heavy atom. The van der Waals surface area contributed by atoms with E-state index in [1.807, 2.05) is 31.2 Å². The van der Waals surface area contributed by atoms with Crippen LogP contribution in [-0.4, -0.2) is 39.5 Å². The molecular formula is C23H26O6. The molecule has 0 fully saturated rings. The van der Waals surface area contributed by atoms with Gasteiger partial charge in [-0.15, -0.1) is 0 Å². The molecule has 1 aliphatic carbocycles. The average Bonchev–Trinajstić information content (AvgIpc) is 2.96. The molecule has 0 aliphatic heterocycles. The van der Waals surface area contributed by atoms with Crippen molar-refractivity contribution in [2.75, 3.05) is 28.4 Å². The van der Waals surface area contributed by atoms with Crippen LogP contribution >= 0.6 is 0 Å². The molecule has 154 valence electrons. The zero-order chi connectivity index (χ0) is 21.6. The van der Waals surface area contributed by atoms with E-state index in [4.69, 9.17) is 18.9 Å². The summed E-state index contributed by atoms with van der Waals surface area (Å²) in [5, 5.41) is 9.36. The van der Waals surface area contributed by atoms with E-state index < -0.39 is 5.97 Å². The maximum absolute atomic E-state index is 11.4. The maximum atomic E-state index is 11.4. The molecule has 1 N–H and O–H groups in total. The first kappa shape index (κ1) is 21.9. The summed E-state index contributed by atoms with van der Waals surface area (Å²) in [5.74, 6) is 0.576. The number of hydrogen-bond acceptors (Lipinski definition) is 5. The molecule has 6 nitrogen and oxygen atoms in total. The topological polar surface area (TPSA) is 74.2 Å². The molecule has 0 bridgehead atoms. The van der Waals surface area contributed by atoms with Crippen molar-refractivity contribution in [2.45, 2.75) is 13.3 Å². The second kappa shape index (κ2) is 9.68. The van der Waals surface area contributed by atoms with Crippen LogP contribution in [0.2, 0.25) is 0 Å². The van der Waals surface area contributed by atoms with Crippen LogP contribution in [0, 0.1) is 0 Å². The molecule has 0 saturated heterocycles. The first-order valence-electron chi connectivity index (χ1n) is 8.91. The SMILES string of the molecule is C=C(/C=C(C=C(OC)OC)/C=C1/C(C)=C(CC(=O)O)c2ccc(OC)cc21)OC. The molecule has 0 saturated carbocycles. The van der Waals surface area contributed by atoms with Gasteiger partial charge < -0.3 is 24.1 Å². The summed E-state index contributed by atoms with van der Waals surface area (Å²) in [6.07, 6.45) is 5.31. The van der Waals surface area contributed by atoms with Crippen LogP contribution in [0.4, 0.5) is 0 Å². The first-order valence-corrected chi connectivity index (χ1v) is 8.91. The average molecular weight is 398 g/mol. The van der Waals surface area contributed by atoms with E-state index in [0.717, 1.165) is 33.4 Å². The van der Waals surface area contributed by atoms with Crippen LogP contribution in [0.25, 0.3) is 11.1 Å². The lowest BCUT2D eigenvalue weighted by Crippen LogP contribution is -1.97. The molecule has 2 rings (SSSR count). The van der Waals surface area contributed by atoms with Crippen LogP contribution in [-0.2, 0) is 19.0 Å². The van der Waals surface area contributed by atoms with Crippen LogP contribution in [0.5, 0.6) is 5.75 Å². The molecule has 1 aliphatic rings. The number of methoxy groups -OCH3 is 4. The predicted octanol–water partition coefficient (Wildman–Crippen LogP) is 4.56. The molecule has 6 heteroatoms. The molecule has 0 amide bonds. The minimum atomic E-state index is -0.883. The maximum Gasteiger partial charge on any atom is 0.307 e. The van der Waals surface area contributed by atoms with Gasteiger partial charge >= 0.3 is 5.97 Å². The summed E-state index contributed by atoms with van der Waals surface area (Å²) >= 11 is 0. The Morgan fingerprint density at radius 2 is 1.76 bits per heavy atom. The van der Waals surface area contributed by atoms with Crippen molar-refractivity contribution in [3.63, 3.8) is 0 Å². The highest BCUT2D eigenvalue weighted by Gasteiger charge is 2.25. The third-order valence-corrected chi connectivity index (χ3v) is 4.61. The molecule has 29 heavy (non-hydrogen) atoms. The number of benzene rings is 1. The summed E-state index contributed by atoms with van der Waals surface area (Å²) in [6, 6.07) is 5.62. The minimum absolute atomic E-state index is 0.0659. The van der Waals surface area contributed by atoms with Gasteiger partial charge in [0.15, 0.2) is 0 Å². The van der Waals surface area contributed by atoms with Gasteiger partial charge in [-0.2, -0.15) is 0 Å². The highest BCUT2D eigenvalue weighted by Crippen LogP contribution is 2.44. The Morgan fingerprint density at radius 3 is 2.31 bits per heavy atom. The van der Waals surface area contributed by atoms with Crippen molar-refractivity contribution in [2.24, 2.45) is 0 Å². The predicted molar refractivity (Wildman–Crippen MR) is 112 cm³/mol. The van der Waals surface area contributed by atoms with Crippen LogP contribution in [0.15, 0.2) is 65.9 Å². The van der Waals surface area contributed by atoms with Crippen LogP contribution in [0.1, 0.15) is 24.5 Å². The molecule has 0 heterocycles. The second-order valence-electron chi connectivity index (χ2n) is 6.33. The van der Waals surface area contributed by atoms with Crippen molar-refractivity contribution in [3.8, 4) is 5.75 Å². The molecule has 0 spiro atoms. The fourth-order valence-electron chi connectivity index (χ4n) is 3.14. The minimum Gasteiger partial charge on any atom is -0.497 e.